The third kappa shape index (κ3) is 1.78. The lowest BCUT2D eigenvalue weighted by molar-refractivity contribution is 0.393. The summed E-state index contributed by atoms with van der Waals surface area (Å²) >= 11 is 0. The van der Waals surface area contributed by atoms with Crippen molar-refractivity contribution in [2.24, 2.45) is 0 Å². The normalized spacial score (nSPS) is 16.1. The first kappa shape index (κ1) is 8.44. The van der Waals surface area contributed by atoms with Crippen LogP contribution < -0.4 is 10.1 Å². The smallest absolute Gasteiger partial charge is 0.232 e. The van der Waals surface area contributed by atoms with E-state index in [4.69, 9.17) is 4.74 Å². The zero-order valence-corrected chi connectivity index (χ0v) is 7.71. The quantitative estimate of drug-likeness (QED) is 0.667. The molecule has 1 aromatic heterocycles. The van der Waals surface area contributed by atoms with E-state index in [9.17, 15) is 0 Å². The molecule has 0 spiro atoms. The lowest BCUT2D eigenvalue weighted by Gasteiger charge is -2.04. The third-order valence-electron chi connectivity index (χ3n) is 2.20. The molecule has 2 heterocycles. The molecule has 0 amide bonds. The molecule has 2 rings (SSSR count). The molecule has 13 heavy (non-hydrogen) atoms. The largest absolute Gasteiger partial charge is 0.480 e. The second kappa shape index (κ2) is 3.70. The van der Waals surface area contributed by atoms with Gasteiger partial charge in [0.1, 0.15) is 0 Å². The van der Waals surface area contributed by atoms with Crippen molar-refractivity contribution in [1.29, 1.82) is 0 Å². The molecule has 0 saturated heterocycles. The van der Waals surface area contributed by atoms with E-state index < -0.39 is 0 Å². The van der Waals surface area contributed by atoms with Crippen molar-refractivity contribution in [1.82, 2.24) is 15.3 Å². The molecular formula is C9H13N3O. The Morgan fingerprint density at radius 2 is 2.08 bits per heavy atom. The van der Waals surface area contributed by atoms with E-state index in [-0.39, 0.29) is 0 Å². The summed E-state index contributed by atoms with van der Waals surface area (Å²) in [5, 5.41) is 3.31. The number of hydrogen-bond acceptors (Lipinski definition) is 4. The molecule has 0 aromatic carbocycles. The van der Waals surface area contributed by atoms with Gasteiger partial charge in [0.25, 0.3) is 0 Å². The Morgan fingerprint density at radius 1 is 1.31 bits per heavy atom. The monoisotopic (exact) mass is 179 g/mol. The number of nitrogens with zero attached hydrogens (tertiary/aromatic N) is 2. The van der Waals surface area contributed by atoms with Gasteiger partial charge in [-0.1, -0.05) is 0 Å². The van der Waals surface area contributed by atoms with Crippen LogP contribution in [-0.2, 0) is 12.8 Å². The predicted molar refractivity (Wildman–Crippen MR) is 48.9 cm³/mol. The van der Waals surface area contributed by atoms with Crippen LogP contribution in [0.4, 0.5) is 0 Å². The van der Waals surface area contributed by atoms with E-state index in [0.29, 0.717) is 5.88 Å². The Morgan fingerprint density at radius 3 is 2.85 bits per heavy atom. The number of hydrogen-bond donors (Lipinski definition) is 1. The van der Waals surface area contributed by atoms with Gasteiger partial charge in [-0.2, -0.15) is 0 Å². The molecule has 0 atom stereocenters. The van der Waals surface area contributed by atoms with Crippen LogP contribution in [0.15, 0.2) is 6.20 Å². The van der Waals surface area contributed by atoms with Crippen LogP contribution in [0.5, 0.6) is 5.88 Å². The molecule has 4 heteroatoms. The lowest BCUT2D eigenvalue weighted by Crippen LogP contribution is -2.16. The summed E-state index contributed by atoms with van der Waals surface area (Å²) in [6.07, 6.45) is 3.59. The molecule has 0 aliphatic carbocycles. The Hall–Kier alpha value is -1.16. The molecule has 1 N–H and O–H groups in total. The molecule has 0 bridgehead atoms. The minimum atomic E-state index is 0.612. The Labute approximate surface area is 77.4 Å². The highest BCUT2D eigenvalue weighted by Gasteiger charge is 2.10. The number of fused-ring (bicyclic) bond motifs is 1. The van der Waals surface area contributed by atoms with E-state index in [2.05, 4.69) is 15.3 Å². The Balaban J connectivity index is 2.32. The molecule has 70 valence electrons. The van der Waals surface area contributed by atoms with Crippen LogP contribution in [0, 0.1) is 0 Å². The van der Waals surface area contributed by atoms with Crippen LogP contribution in [0.1, 0.15) is 11.4 Å². The van der Waals surface area contributed by atoms with E-state index in [1.165, 1.54) is 0 Å². The Bertz CT molecular complexity index is 301. The number of nitrogens with one attached hydrogen (secondary N) is 1. The molecule has 0 radical (unpaired) electrons. The maximum Gasteiger partial charge on any atom is 0.232 e. The number of methoxy groups -OCH3 is 1. The number of rotatable bonds is 1. The second-order valence-corrected chi connectivity index (χ2v) is 3.06. The Kier molecular flexibility index (Phi) is 2.40. The fourth-order valence-corrected chi connectivity index (χ4v) is 1.48. The molecule has 1 aromatic rings. The van der Waals surface area contributed by atoms with Crippen LogP contribution >= 0.6 is 0 Å². The van der Waals surface area contributed by atoms with E-state index in [1.54, 1.807) is 13.3 Å². The lowest BCUT2D eigenvalue weighted by atomic mass is 10.2. The van der Waals surface area contributed by atoms with Gasteiger partial charge in [-0.3, -0.25) is 4.98 Å². The maximum absolute atomic E-state index is 5.03. The van der Waals surface area contributed by atoms with Gasteiger partial charge < -0.3 is 10.1 Å². The van der Waals surface area contributed by atoms with Crippen molar-refractivity contribution < 1.29 is 4.74 Å². The molecule has 0 saturated carbocycles. The van der Waals surface area contributed by atoms with Gasteiger partial charge in [0.05, 0.1) is 24.7 Å². The van der Waals surface area contributed by atoms with E-state index in [1.807, 2.05) is 0 Å². The first-order valence-corrected chi connectivity index (χ1v) is 4.49. The SMILES string of the molecule is COc1cnc2c(n1)CCNCC2. The fourth-order valence-electron chi connectivity index (χ4n) is 1.48. The molecule has 0 fully saturated rings. The third-order valence-corrected chi connectivity index (χ3v) is 2.20. The zero-order valence-electron chi connectivity index (χ0n) is 7.71. The van der Waals surface area contributed by atoms with Crippen LogP contribution in [0.3, 0.4) is 0 Å². The van der Waals surface area contributed by atoms with E-state index >= 15 is 0 Å². The van der Waals surface area contributed by atoms with Crippen LogP contribution in [-0.4, -0.2) is 30.2 Å². The first-order chi connectivity index (χ1) is 6.40. The predicted octanol–water partition coefficient (Wildman–Crippen LogP) is 0.173. The number of ether oxygens (including phenoxy) is 1. The molecule has 4 nitrogen and oxygen atoms in total. The summed E-state index contributed by atoms with van der Waals surface area (Å²) < 4.78 is 5.03. The zero-order chi connectivity index (χ0) is 9.10. The van der Waals surface area contributed by atoms with Gasteiger partial charge >= 0.3 is 0 Å². The van der Waals surface area contributed by atoms with Gasteiger partial charge in [0, 0.05) is 25.9 Å². The minimum Gasteiger partial charge on any atom is -0.480 e. The average molecular weight is 179 g/mol. The summed E-state index contributed by atoms with van der Waals surface area (Å²) in [6, 6.07) is 0. The van der Waals surface area contributed by atoms with Gasteiger partial charge in [-0.05, 0) is 0 Å². The van der Waals surface area contributed by atoms with Crippen LogP contribution in [0.25, 0.3) is 0 Å². The van der Waals surface area contributed by atoms with Gasteiger partial charge in [0.2, 0.25) is 5.88 Å². The van der Waals surface area contributed by atoms with Crippen molar-refractivity contribution >= 4 is 0 Å². The minimum absolute atomic E-state index is 0.612. The molecule has 1 aliphatic heterocycles. The van der Waals surface area contributed by atoms with Gasteiger partial charge in [-0.25, -0.2) is 4.98 Å². The average Bonchev–Trinajstić information content (AvgIpc) is 2.41. The van der Waals surface area contributed by atoms with Crippen molar-refractivity contribution in [2.45, 2.75) is 12.8 Å². The van der Waals surface area contributed by atoms with E-state index in [0.717, 1.165) is 37.3 Å². The van der Waals surface area contributed by atoms with Gasteiger partial charge in [0.15, 0.2) is 0 Å². The van der Waals surface area contributed by atoms with Crippen LogP contribution in [0.2, 0.25) is 0 Å². The summed E-state index contributed by atoms with van der Waals surface area (Å²) in [6.45, 7) is 1.98. The second-order valence-electron chi connectivity index (χ2n) is 3.06. The number of aromatic nitrogens is 2. The van der Waals surface area contributed by atoms with Crippen molar-refractivity contribution in [3.8, 4) is 5.88 Å². The van der Waals surface area contributed by atoms with Gasteiger partial charge in [-0.15, -0.1) is 0 Å². The highest BCUT2D eigenvalue weighted by molar-refractivity contribution is 5.18. The van der Waals surface area contributed by atoms with Crippen molar-refractivity contribution in [2.75, 3.05) is 20.2 Å². The fraction of sp³-hybridized carbons (Fsp3) is 0.556. The summed E-state index contributed by atoms with van der Waals surface area (Å²) in [5.74, 6) is 0.612. The highest BCUT2D eigenvalue weighted by Crippen LogP contribution is 2.11. The first-order valence-electron chi connectivity index (χ1n) is 4.49. The summed E-state index contributed by atoms with van der Waals surface area (Å²) in [5.41, 5.74) is 2.18. The van der Waals surface area contributed by atoms with Crippen molar-refractivity contribution in [3.05, 3.63) is 17.6 Å². The highest BCUT2D eigenvalue weighted by atomic mass is 16.5. The topological polar surface area (TPSA) is 47.0 Å². The maximum atomic E-state index is 5.03. The standard InChI is InChI=1S/C9H13N3O/c1-13-9-6-11-7-2-4-10-5-3-8(7)12-9/h6,10H,2-5H2,1H3. The molecular weight excluding hydrogens is 166 g/mol. The van der Waals surface area contributed by atoms with Crippen molar-refractivity contribution in [3.63, 3.8) is 0 Å². The summed E-state index contributed by atoms with van der Waals surface area (Å²) in [7, 11) is 1.62. The molecule has 1 aliphatic rings. The summed E-state index contributed by atoms with van der Waals surface area (Å²) in [4.78, 5) is 8.69. The molecule has 0 unspecified atom stereocenters.